The third-order valence-corrected chi connectivity index (χ3v) is 3.78. The maximum atomic E-state index is 11.8. The summed E-state index contributed by atoms with van der Waals surface area (Å²) in [6.07, 6.45) is 3.50. The van der Waals surface area contributed by atoms with E-state index < -0.39 is 29.9 Å². The lowest BCUT2D eigenvalue weighted by Gasteiger charge is -2.27. The maximum Gasteiger partial charge on any atom is 0.254 e. The van der Waals surface area contributed by atoms with Gasteiger partial charge in [-0.3, -0.25) is 9.59 Å². The molecule has 1 unspecified atom stereocenters. The van der Waals surface area contributed by atoms with E-state index in [1.165, 1.54) is 26.4 Å². The van der Waals surface area contributed by atoms with Crippen molar-refractivity contribution in [3.8, 4) is 0 Å². The molecule has 0 bridgehead atoms. The minimum absolute atomic E-state index is 0.445. The Balaban J connectivity index is 2.52. The van der Waals surface area contributed by atoms with Gasteiger partial charge in [0.1, 0.15) is 6.10 Å². The molecule has 0 spiro atoms. The highest BCUT2D eigenvalue weighted by Gasteiger charge is 2.34. The number of hydrogen-bond donors (Lipinski definition) is 3. The Morgan fingerprint density at radius 1 is 1.32 bits per heavy atom. The fourth-order valence-electron chi connectivity index (χ4n) is 2.68. The Bertz CT molecular complexity index is 316. The SMILES string of the molecule is COC(C(N)=O)C(=O)[C@@H](O)[C@H](N)CC1CCCCC1. The number of carbonyl (C=O) groups is 2. The molecule has 1 aliphatic rings. The number of methoxy groups -OCH3 is 1. The first-order valence-corrected chi connectivity index (χ1v) is 6.76. The number of Topliss-reactive ketones (excluding diaryl/α,β-unsaturated/α-hetero) is 1. The summed E-state index contributed by atoms with van der Waals surface area (Å²) in [6, 6.07) is -0.674. The van der Waals surface area contributed by atoms with Gasteiger partial charge in [-0.2, -0.15) is 0 Å². The average Bonchev–Trinajstić information content (AvgIpc) is 2.39. The Labute approximate surface area is 113 Å². The second-order valence-electron chi connectivity index (χ2n) is 5.27. The van der Waals surface area contributed by atoms with Crippen LogP contribution in [0.15, 0.2) is 0 Å². The number of carbonyl (C=O) groups excluding carboxylic acids is 2. The summed E-state index contributed by atoms with van der Waals surface area (Å²) in [5.74, 6) is -1.21. The molecule has 0 heterocycles. The van der Waals surface area contributed by atoms with Crippen LogP contribution in [-0.4, -0.2) is 42.2 Å². The molecule has 0 aromatic rings. The van der Waals surface area contributed by atoms with Crippen LogP contribution in [0, 0.1) is 5.92 Å². The van der Waals surface area contributed by atoms with Gasteiger partial charge in [-0.15, -0.1) is 0 Å². The highest BCUT2D eigenvalue weighted by molar-refractivity contribution is 6.05. The van der Waals surface area contributed by atoms with Gasteiger partial charge in [0.2, 0.25) is 5.78 Å². The molecule has 19 heavy (non-hydrogen) atoms. The molecular formula is C13H24N2O4. The second-order valence-corrected chi connectivity index (χ2v) is 5.27. The molecule has 0 radical (unpaired) electrons. The zero-order valence-electron chi connectivity index (χ0n) is 11.4. The molecule has 0 aliphatic heterocycles. The van der Waals surface area contributed by atoms with Crippen LogP contribution in [0.3, 0.4) is 0 Å². The number of ether oxygens (including phenoxy) is 1. The van der Waals surface area contributed by atoms with Gasteiger partial charge in [-0.05, 0) is 12.3 Å². The number of aliphatic hydroxyl groups is 1. The Kier molecular flexibility index (Phi) is 6.41. The zero-order valence-corrected chi connectivity index (χ0v) is 11.4. The summed E-state index contributed by atoms with van der Waals surface area (Å²) in [7, 11) is 1.20. The van der Waals surface area contributed by atoms with Crippen molar-refractivity contribution in [2.45, 2.75) is 56.8 Å². The van der Waals surface area contributed by atoms with E-state index in [1.54, 1.807) is 0 Å². The number of primary amides is 1. The van der Waals surface area contributed by atoms with Crippen LogP contribution in [0.4, 0.5) is 0 Å². The normalized spacial score (nSPS) is 21.6. The first-order chi connectivity index (χ1) is 8.97. The fraction of sp³-hybridized carbons (Fsp3) is 0.846. The number of ketones is 1. The second kappa shape index (κ2) is 7.57. The lowest BCUT2D eigenvalue weighted by atomic mass is 9.83. The van der Waals surface area contributed by atoms with Crippen molar-refractivity contribution < 1.29 is 19.4 Å². The minimum atomic E-state index is -1.42. The monoisotopic (exact) mass is 272 g/mol. The Morgan fingerprint density at radius 3 is 2.37 bits per heavy atom. The van der Waals surface area contributed by atoms with Crippen LogP contribution < -0.4 is 11.5 Å². The molecule has 5 N–H and O–H groups in total. The van der Waals surface area contributed by atoms with Crippen LogP contribution in [0.5, 0.6) is 0 Å². The van der Waals surface area contributed by atoms with E-state index in [1.807, 2.05) is 0 Å². The van der Waals surface area contributed by atoms with Crippen molar-refractivity contribution >= 4 is 11.7 Å². The van der Waals surface area contributed by atoms with E-state index in [0.29, 0.717) is 12.3 Å². The summed E-state index contributed by atoms with van der Waals surface area (Å²) >= 11 is 0. The number of aliphatic hydroxyl groups excluding tert-OH is 1. The van der Waals surface area contributed by atoms with Gasteiger partial charge in [0.15, 0.2) is 6.10 Å². The van der Waals surface area contributed by atoms with E-state index >= 15 is 0 Å². The predicted molar refractivity (Wildman–Crippen MR) is 70.2 cm³/mol. The van der Waals surface area contributed by atoms with Gasteiger partial charge in [-0.1, -0.05) is 32.1 Å². The fourth-order valence-corrected chi connectivity index (χ4v) is 2.68. The van der Waals surface area contributed by atoms with Crippen LogP contribution >= 0.6 is 0 Å². The summed E-state index contributed by atoms with van der Waals surface area (Å²) in [6.45, 7) is 0. The molecule has 1 fully saturated rings. The van der Waals surface area contributed by atoms with Gasteiger partial charge in [0.25, 0.3) is 5.91 Å². The summed E-state index contributed by atoms with van der Waals surface area (Å²) < 4.78 is 4.70. The van der Waals surface area contributed by atoms with Crippen molar-refractivity contribution in [3.05, 3.63) is 0 Å². The van der Waals surface area contributed by atoms with Crippen LogP contribution in [0.25, 0.3) is 0 Å². The van der Waals surface area contributed by atoms with Gasteiger partial charge < -0.3 is 21.3 Å². The quantitative estimate of drug-likeness (QED) is 0.551. The molecule has 0 aromatic carbocycles. The van der Waals surface area contributed by atoms with E-state index in [0.717, 1.165) is 12.8 Å². The highest BCUT2D eigenvalue weighted by atomic mass is 16.5. The van der Waals surface area contributed by atoms with Crippen molar-refractivity contribution in [2.24, 2.45) is 17.4 Å². The molecule has 1 amide bonds. The maximum absolute atomic E-state index is 11.8. The molecule has 1 rings (SSSR count). The number of hydrogen-bond acceptors (Lipinski definition) is 5. The number of amides is 1. The van der Waals surface area contributed by atoms with E-state index in [4.69, 9.17) is 16.2 Å². The summed E-state index contributed by atoms with van der Waals surface area (Å²) in [5.41, 5.74) is 10.9. The molecule has 1 aliphatic carbocycles. The predicted octanol–water partition coefficient (Wildman–Crippen LogP) is -0.286. The minimum Gasteiger partial charge on any atom is -0.384 e. The van der Waals surface area contributed by atoms with Crippen LogP contribution in [0.2, 0.25) is 0 Å². The molecule has 6 heteroatoms. The standard InChI is InChI=1S/C13H24N2O4/c1-19-12(13(15)18)11(17)10(16)9(14)7-8-5-3-2-4-6-8/h8-10,12,16H,2-7,14H2,1H3,(H2,15,18)/t9-,10+,12?/m1/s1. The summed E-state index contributed by atoms with van der Waals surface area (Å²) in [5, 5.41) is 9.90. The van der Waals surface area contributed by atoms with Gasteiger partial charge in [0, 0.05) is 13.2 Å². The topological polar surface area (TPSA) is 116 Å². The molecule has 1 saturated carbocycles. The van der Waals surface area contributed by atoms with Crippen molar-refractivity contribution in [3.63, 3.8) is 0 Å². The van der Waals surface area contributed by atoms with E-state index in [-0.39, 0.29) is 0 Å². The zero-order chi connectivity index (χ0) is 14.4. The highest BCUT2D eigenvalue weighted by Crippen LogP contribution is 2.27. The molecule has 3 atom stereocenters. The van der Waals surface area contributed by atoms with Crippen molar-refractivity contribution in [1.29, 1.82) is 0 Å². The molecule has 110 valence electrons. The third kappa shape index (κ3) is 4.56. The largest absolute Gasteiger partial charge is 0.384 e. The Morgan fingerprint density at radius 2 is 1.89 bits per heavy atom. The smallest absolute Gasteiger partial charge is 0.254 e. The van der Waals surface area contributed by atoms with Gasteiger partial charge in [-0.25, -0.2) is 0 Å². The van der Waals surface area contributed by atoms with Crippen LogP contribution in [-0.2, 0) is 14.3 Å². The van der Waals surface area contributed by atoms with E-state index in [2.05, 4.69) is 0 Å². The van der Waals surface area contributed by atoms with Gasteiger partial charge in [0.05, 0.1) is 0 Å². The number of rotatable bonds is 7. The molecular weight excluding hydrogens is 248 g/mol. The average molecular weight is 272 g/mol. The van der Waals surface area contributed by atoms with E-state index in [9.17, 15) is 14.7 Å². The van der Waals surface area contributed by atoms with Crippen molar-refractivity contribution in [1.82, 2.24) is 0 Å². The number of nitrogens with two attached hydrogens (primary N) is 2. The summed E-state index contributed by atoms with van der Waals surface area (Å²) in [4.78, 5) is 22.9. The van der Waals surface area contributed by atoms with Crippen molar-refractivity contribution in [2.75, 3.05) is 7.11 Å². The molecule has 6 nitrogen and oxygen atoms in total. The lowest BCUT2D eigenvalue weighted by Crippen LogP contribution is -2.50. The molecule has 0 aromatic heterocycles. The van der Waals surface area contributed by atoms with Gasteiger partial charge >= 0.3 is 0 Å². The Hall–Kier alpha value is -0.980. The first kappa shape index (κ1) is 16.1. The lowest BCUT2D eigenvalue weighted by molar-refractivity contribution is -0.146. The van der Waals surface area contributed by atoms with Crippen LogP contribution in [0.1, 0.15) is 38.5 Å². The molecule has 0 saturated heterocycles. The first-order valence-electron chi connectivity index (χ1n) is 6.76. The third-order valence-electron chi connectivity index (χ3n) is 3.78.